The molecule has 0 fully saturated rings. The van der Waals surface area contributed by atoms with Crippen molar-refractivity contribution in [1.29, 1.82) is 0 Å². The van der Waals surface area contributed by atoms with Crippen molar-refractivity contribution < 1.29 is 14.5 Å². The summed E-state index contributed by atoms with van der Waals surface area (Å²) >= 11 is 0. The van der Waals surface area contributed by atoms with Gasteiger partial charge in [0.25, 0.3) is 11.6 Å². The number of carbonyl (C=O) groups is 2. The smallest absolute Gasteiger partial charge is 0.270 e. The minimum absolute atomic E-state index is 0.118. The van der Waals surface area contributed by atoms with E-state index in [4.69, 9.17) is 0 Å². The Morgan fingerprint density at radius 3 is 2.48 bits per heavy atom. The minimum atomic E-state index is -1.07. The fraction of sp³-hybridized carbons (Fsp3) is 0.167. The highest BCUT2D eigenvalue weighted by Gasteiger charge is 2.40. The molecule has 2 aromatic rings. The third-order valence-corrected chi connectivity index (χ3v) is 4.01. The fourth-order valence-corrected chi connectivity index (χ4v) is 2.68. The SMILES string of the molecule is CC1=NN(c2ccc(C)cc2)C(=O)[C@H]1C(=O)c1cccc([N+](=O)[O-])c1. The Labute approximate surface area is 143 Å². The normalized spacial score (nSPS) is 16.7. The number of aryl methyl sites for hydroxylation is 1. The van der Waals surface area contributed by atoms with Gasteiger partial charge in [-0.1, -0.05) is 29.8 Å². The highest BCUT2D eigenvalue weighted by atomic mass is 16.6. The second-order valence-electron chi connectivity index (χ2n) is 5.83. The standard InChI is InChI=1S/C18H15N3O4/c1-11-6-8-14(9-7-11)20-18(23)16(12(2)19-20)17(22)13-4-3-5-15(10-13)21(24)25/h3-10,16H,1-2H3/t16-/m1/s1. The van der Waals surface area contributed by atoms with E-state index in [1.807, 2.05) is 19.1 Å². The number of anilines is 1. The number of hydrogen-bond donors (Lipinski definition) is 0. The summed E-state index contributed by atoms with van der Waals surface area (Å²) in [6.45, 7) is 3.53. The van der Waals surface area contributed by atoms with E-state index in [2.05, 4.69) is 5.10 Å². The maximum atomic E-state index is 12.7. The number of amides is 1. The van der Waals surface area contributed by atoms with E-state index in [0.29, 0.717) is 11.4 Å². The highest BCUT2D eigenvalue weighted by molar-refractivity contribution is 6.30. The van der Waals surface area contributed by atoms with Crippen LogP contribution in [-0.4, -0.2) is 22.3 Å². The van der Waals surface area contributed by atoms with Gasteiger partial charge in [0.05, 0.1) is 16.3 Å². The molecule has 1 atom stereocenters. The molecule has 2 aromatic carbocycles. The van der Waals surface area contributed by atoms with Crippen molar-refractivity contribution in [2.75, 3.05) is 5.01 Å². The zero-order valence-electron chi connectivity index (χ0n) is 13.7. The number of non-ortho nitro benzene ring substituents is 1. The number of hydrazone groups is 1. The van der Waals surface area contributed by atoms with Gasteiger partial charge in [0.1, 0.15) is 5.92 Å². The van der Waals surface area contributed by atoms with Crippen LogP contribution < -0.4 is 5.01 Å². The van der Waals surface area contributed by atoms with Crippen LogP contribution in [0.4, 0.5) is 11.4 Å². The lowest BCUT2D eigenvalue weighted by atomic mass is 9.93. The first-order chi connectivity index (χ1) is 11.9. The highest BCUT2D eigenvalue weighted by Crippen LogP contribution is 2.27. The molecule has 0 aromatic heterocycles. The van der Waals surface area contributed by atoms with Crippen LogP contribution in [0.3, 0.4) is 0 Å². The van der Waals surface area contributed by atoms with E-state index in [9.17, 15) is 19.7 Å². The number of nitro groups is 1. The molecule has 1 heterocycles. The summed E-state index contributed by atoms with van der Waals surface area (Å²) in [5.41, 5.74) is 1.90. The Hall–Kier alpha value is -3.35. The summed E-state index contributed by atoms with van der Waals surface area (Å²) in [5, 5.41) is 16.3. The number of carbonyl (C=O) groups excluding carboxylic acids is 2. The maximum Gasteiger partial charge on any atom is 0.270 e. The number of ketones is 1. The van der Waals surface area contributed by atoms with Crippen LogP contribution in [0.2, 0.25) is 0 Å². The summed E-state index contributed by atoms with van der Waals surface area (Å²) in [5.74, 6) is -2.02. The van der Waals surface area contributed by atoms with E-state index in [-0.39, 0.29) is 11.3 Å². The van der Waals surface area contributed by atoms with Gasteiger partial charge in [-0.25, -0.2) is 0 Å². The van der Waals surface area contributed by atoms with Gasteiger partial charge < -0.3 is 0 Å². The largest absolute Gasteiger partial charge is 0.293 e. The average molecular weight is 337 g/mol. The molecule has 126 valence electrons. The number of hydrogen-bond acceptors (Lipinski definition) is 5. The average Bonchev–Trinajstić information content (AvgIpc) is 2.89. The topological polar surface area (TPSA) is 92.9 Å². The molecule has 1 aliphatic heterocycles. The zero-order valence-corrected chi connectivity index (χ0v) is 13.7. The third kappa shape index (κ3) is 3.03. The van der Waals surface area contributed by atoms with E-state index in [1.165, 1.54) is 29.3 Å². The summed E-state index contributed by atoms with van der Waals surface area (Å²) in [6.07, 6.45) is 0. The van der Waals surface area contributed by atoms with Crippen molar-refractivity contribution in [3.63, 3.8) is 0 Å². The van der Waals surface area contributed by atoms with Gasteiger partial charge in [-0.15, -0.1) is 0 Å². The molecule has 0 saturated carbocycles. The quantitative estimate of drug-likeness (QED) is 0.371. The molecule has 1 aliphatic rings. The molecule has 1 amide bonds. The molecule has 25 heavy (non-hydrogen) atoms. The lowest BCUT2D eigenvalue weighted by molar-refractivity contribution is -0.384. The number of benzene rings is 2. The first-order valence-corrected chi connectivity index (χ1v) is 7.63. The van der Waals surface area contributed by atoms with Crippen LogP contribution in [0.25, 0.3) is 0 Å². The monoisotopic (exact) mass is 337 g/mol. The molecule has 0 spiro atoms. The molecular formula is C18H15N3O4. The van der Waals surface area contributed by atoms with E-state index >= 15 is 0 Å². The molecule has 7 nitrogen and oxygen atoms in total. The first-order valence-electron chi connectivity index (χ1n) is 7.63. The van der Waals surface area contributed by atoms with Crippen LogP contribution in [0.1, 0.15) is 22.8 Å². The van der Waals surface area contributed by atoms with Crippen molar-refractivity contribution >= 4 is 28.8 Å². The lowest BCUT2D eigenvalue weighted by Gasteiger charge is -2.14. The summed E-state index contributed by atoms with van der Waals surface area (Å²) in [4.78, 5) is 35.7. The van der Waals surface area contributed by atoms with E-state index in [1.54, 1.807) is 19.1 Å². The Kier molecular flexibility index (Phi) is 4.14. The number of nitrogens with zero attached hydrogens (tertiary/aromatic N) is 3. The third-order valence-electron chi connectivity index (χ3n) is 4.01. The fourth-order valence-electron chi connectivity index (χ4n) is 2.68. The van der Waals surface area contributed by atoms with Crippen molar-refractivity contribution in [1.82, 2.24) is 0 Å². The molecule has 0 aliphatic carbocycles. The maximum absolute atomic E-state index is 12.7. The van der Waals surface area contributed by atoms with E-state index in [0.717, 1.165) is 5.56 Å². The summed E-state index contributed by atoms with van der Waals surface area (Å²) in [6, 6.07) is 12.6. The Morgan fingerprint density at radius 1 is 1.16 bits per heavy atom. The van der Waals surface area contributed by atoms with Crippen molar-refractivity contribution in [2.45, 2.75) is 13.8 Å². The molecule has 3 rings (SSSR count). The van der Waals surface area contributed by atoms with Gasteiger partial charge in [-0.05, 0) is 26.0 Å². The number of rotatable bonds is 4. The predicted molar refractivity (Wildman–Crippen MR) is 92.7 cm³/mol. The summed E-state index contributed by atoms with van der Waals surface area (Å²) < 4.78 is 0. The van der Waals surface area contributed by atoms with E-state index < -0.39 is 22.5 Å². The van der Waals surface area contributed by atoms with Gasteiger partial charge in [0.15, 0.2) is 5.78 Å². The van der Waals surface area contributed by atoms with Crippen molar-refractivity contribution in [3.05, 3.63) is 69.8 Å². The molecule has 0 bridgehead atoms. The summed E-state index contributed by atoms with van der Waals surface area (Å²) in [7, 11) is 0. The predicted octanol–water partition coefficient (Wildman–Crippen LogP) is 3.12. The zero-order chi connectivity index (χ0) is 18.1. The second-order valence-corrected chi connectivity index (χ2v) is 5.83. The minimum Gasteiger partial charge on any atom is -0.293 e. The van der Waals surface area contributed by atoms with Gasteiger partial charge in [0.2, 0.25) is 0 Å². The van der Waals surface area contributed by atoms with Gasteiger partial charge >= 0.3 is 0 Å². The Balaban J connectivity index is 1.91. The second kappa shape index (κ2) is 6.27. The number of nitro benzene ring substituents is 1. The van der Waals surface area contributed by atoms with Crippen LogP contribution in [0.5, 0.6) is 0 Å². The van der Waals surface area contributed by atoms with Crippen LogP contribution in [0, 0.1) is 23.0 Å². The molecule has 7 heteroatoms. The van der Waals surface area contributed by atoms with Gasteiger partial charge in [-0.3, -0.25) is 19.7 Å². The van der Waals surface area contributed by atoms with Crippen molar-refractivity contribution in [2.24, 2.45) is 11.0 Å². The van der Waals surface area contributed by atoms with Gasteiger partial charge in [0, 0.05) is 17.7 Å². The van der Waals surface area contributed by atoms with Crippen LogP contribution in [-0.2, 0) is 4.79 Å². The first kappa shape index (κ1) is 16.5. The lowest BCUT2D eigenvalue weighted by Crippen LogP contribution is -2.32. The molecular weight excluding hydrogens is 322 g/mol. The number of Topliss-reactive ketones (excluding diaryl/α,β-unsaturated/α-hetero) is 1. The van der Waals surface area contributed by atoms with Gasteiger partial charge in [-0.2, -0.15) is 10.1 Å². The Bertz CT molecular complexity index is 903. The molecule has 0 unspecified atom stereocenters. The van der Waals surface area contributed by atoms with Crippen LogP contribution >= 0.6 is 0 Å². The van der Waals surface area contributed by atoms with Crippen LogP contribution in [0.15, 0.2) is 53.6 Å². The van der Waals surface area contributed by atoms with Crippen molar-refractivity contribution in [3.8, 4) is 0 Å². The Morgan fingerprint density at radius 2 is 1.84 bits per heavy atom. The molecule has 0 N–H and O–H groups in total. The molecule has 0 saturated heterocycles. The molecule has 0 radical (unpaired) electrons.